The van der Waals surface area contributed by atoms with Crippen LogP contribution in [-0.2, 0) is 0 Å². The van der Waals surface area contributed by atoms with Crippen molar-refractivity contribution in [1.82, 2.24) is 9.55 Å². The Hall–Kier alpha value is -3.47. The SMILES string of the molecule is Cc1cccc2cc3c(=O)n([C@@H](C)c4ccccc4)cc(C(=O)O)c3nc12. The number of hydrogen-bond acceptors (Lipinski definition) is 3. The van der Waals surface area contributed by atoms with Gasteiger partial charge in [0.05, 0.1) is 22.5 Å². The first-order chi connectivity index (χ1) is 13.0. The van der Waals surface area contributed by atoms with Gasteiger partial charge < -0.3 is 9.67 Å². The van der Waals surface area contributed by atoms with Crippen LogP contribution >= 0.6 is 0 Å². The van der Waals surface area contributed by atoms with Crippen LogP contribution in [0, 0.1) is 6.92 Å². The van der Waals surface area contributed by atoms with Gasteiger partial charge in [-0.2, -0.15) is 0 Å². The molecule has 1 N–H and O–H groups in total. The van der Waals surface area contributed by atoms with Crippen molar-refractivity contribution in [2.75, 3.05) is 0 Å². The molecule has 0 bridgehead atoms. The quantitative estimate of drug-likeness (QED) is 0.558. The van der Waals surface area contributed by atoms with Gasteiger partial charge in [0.2, 0.25) is 0 Å². The van der Waals surface area contributed by atoms with Crippen LogP contribution in [0.4, 0.5) is 0 Å². The highest BCUT2D eigenvalue weighted by Crippen LogP contribution is 2.24. The van der Waals surface area contributed by atoms with Gasteiger partial charge in [-0.3, -0.25) is 4.79 Å². The number of para-hydroxylation sites is 1. The summed E-state index contributed by atoms with van der Waals surface area (Å²) in [6.07, 6.45) is 1.40. The highest BCUT2D eigenvalue weighted by molar-refractivity contribution is 6.04. The number of pyridine rings is 2. The maximum absolute atomic E-state index is 13.2. The van der Waals surface area contributed by atoms with E-state index < -0.39 is 5.97 Å². The Morgan fingerprint density at radius 1 is 1.07 bits per heavy atom. The van der Waals surface area contributed by atoms with Crippen LogP contribution in [-0.4, -0.2) is 20.6 Å². The van der Waals surface area contributed by atoms with E-state index in [-0.39, 0.29) is 22.7 Å². The van der Waals surface area contributed by atoms with Gasteiger partial charge in [0, 0.05) is 11.6 Å². The molecule has 0 unspecified atom stereocenters. The normalized spacial score (nSPS) is 12.4. The lowest BCUT2D eigenvalue weighted by atomic mass is 10.0. The summed E-state index contributed by atoms with van der Waals surface area (Å²) in [7, 11) is 0. The Labute approximate surface area is 155 Å². The third-order valence-electron chi connectivity index (χ3n) is 4.97. The summed E-state index contributed by atoms with van der Waals surface area (Å²) in [5, 5.41) is 10.9. The average Bonchev–Trinajstić information content (AvgIpc) is 2.68. The monoisotopic (exact) mass is 358 g/mol. The number of aromatic carboxylic acids is 1. The molecule has 0 amide bonds. The van der Waals surface area contributed by atoms with Gasteiger partial charge in [-0.1, -0.05) is 48.5 Å². The predicted molar refractivity (Wildman–Crippen MR) is 105 cm³/mol. The van der Waals surface area contributed by atoms with Crippen molar-refractivity contribution in [1.29, 1.82) is 0 Å². The fraction of sp³-hybridized carbons (Fsp3) is 0.136. The maximum atomic E-state index is 13.2. The molecule has 5 nitrogen and oxygen atoms in total. The van der Waals surface area contributed by atoms with Crippen LogP contribution in [0.5, 0.6) is 0 Å². The Kier molecular flexibility index (Phi) is 4.00. The lowest BCUT2D eigenvalue weighted by Gasteiger charge is -2.18. The number of aryl methyl sites for hydroxylation is 1. The first-order valence-corrected chi connectivity index (χ1v) is 8.71. The molecule has 5 heteroatoms. The zero-order valence-electron chi connectivity index (χ0n) is 15.0. The van der Waals surface area contributed by atoms with E-state index in [2.05, 4.69) is 4.98 Å². The molecule has 0 radical (unpaired) electrons. The molecule has 1 atom stereocenters. The molecule has 2 heterocycles. The average molecular weight is 358 g/mol. The van der Waals surface area contributed by atoms with E-state index in [1.807, 2.05) is 62.4 Å². The molecule has 0 aliphatic rings. The third-order valence-corrected chi connectivity index (χ3v) is 4.97. The number of aromatic nitrogens is 2. The predicted octanol–water partition coefficient (Wildman–Crippen LogP) is 4.17. The zero-order valence-corrected chi connectivity index (χ0v) is 15.0. The van der Waals surface area contributed by atoms with Crippen LogP contribution in [0.1, 0.15) is 34.5 Å². The van der Waals surface area contributed by atoms with Crippen molar-refractivity contribution in [2.45, 2.75) is 19.9 Å². The molecule has 0 saturated carbocycles. The fourth-order valence-corrected chi connectivity index (χ4v) is 3.45. The molecule has 2 aromatic carbocycles. The second-order valence-electron chi connectivity index (χ2n) is 6.68. The Morgan fingerprint density at radius 3 is 2.52 bits per heavy atom. The molecule has 0 spiro atoms. The lowest BCUT2D eigenvalue weighted by Crippen LogP contribution is -2.26. The molecule has 0 aliphatic carbocycles. The van der Waals surface area contributed by atoms with Crippen LogP contribution in [0.2, 0.25) is 0 Å². The van der Waals surface area contributed by atoms with Gasteiger partial charge in [0.1, 0.15) is 5.56 Å². The van der Waals surface area contributed by atoms with Gasteiger partial charge in [0.15, 0.2) is 0 Å². The molecule has 0 aliphatic heterocycles. The minimum atomic E-state index is -1.10. The number of rotatable bonds is 3. The molecule has 4 aromatic rings. The first kappa shape index (κ1) is 17.0. The molecular weight excluding hydrogens is 340 g/mol. The Bertz CT molecular complexity index is 1240. The lowest BCUT2D eigenvalue weighted by molar-refractivity contribution is 0.0698. The minimum absolute atomic E-state index is 0.0255. The van der Waals surface area contributed by atoms with E-state index in [1.54, 1.807) is 6.07 Å². The van der Waals surface area contributed by atoms with E-state index in [0.29, 0.717) is 10.9 Å². The number of carbonyl (C=O) groups is 1. The summed E-state index contributed by atoms with van der Waals surface area (Å²) in [4.78, 5) is 29.6. The molecule has 2 aromatic heterocycles. The van der Waals surface area contributed by atoms with Crippen molar-refractivity contribution in [3.63, 3.8) is 0 Å². The smallest absolute Gasteiger partial charge is 0.339 e. The topological polar surface area (TPSA) is 72.2 Å². The second-order valence-corrected chi connectivity index (χ2v) is 6.68. The van der Waals surface area contributed by atoms with Gasteiger partial charge in [0.25, 0.3) is 5.56 Å². The fourth-order valence-electron chi connectivity index (χ4n) is 3.45. The summed E-state index contributed by atoms with van der Waals surface area (Å²) in [5.41, 5.74) is 2.58. The highest BCUT2D eigenvalue weighted by atomic mass is 16.4. The largest absolute Gasteiger partial charge is 0.478 e. The third kappa shape index (κ3) is 2.77. The van der Waals surface area contributed by atoms with Crippen LogP contribution < -0.4 is 5.56 Å². The molecule has 0 fully saturated rings. The van der Waals surface area contributed by atoms with Crippen molar-refractivity contribution in [2.24, 2.45) is 0 Å². The van der Waals surface area contributed by atoms with E-state index in [9.17, 15) is 14.7 Å². The van der Waals surface area contributed by atoms with E-state index in [0.717, 1.165) is 16.5 Å². The Morgan fingerprint density at radius 2 is 1.81 bits per heavy atom. The number of fused-ring (bicyclic) bond motifs is 2. The summed E-state index contributed by atoms with van der Waals surface area (Å²) in [5.74, 6) is -1.10. The highest BCUT2D eigenvalue weighted by Gasteiger charge is 2.19. The molecule has 0 saturated heterocycles. The van der Waals surface area contributed by atoms with Crippen LogP contribution in [0.25, 0.3) is 21.8 Å². The van der Waals surface area contributed by atoms with Gasteiger partial charge in [-0.25, -0.2) is 9.78 Å². The summed E-state index contributed by atoms with van der Waals surface area (Å²) < 4.78 is 1.48. The van der Waals surface area contributed by atoms with E-state index >= 15 is 0 Å². The van der Waals surface area contributed by atoms with Crippen molar-refractivity contribution in [3.8, 4) is 0 Å². The first-order valence-electron chi connectivity index (χ1n) is 8.71. The second kappa shape index (κ2) is 6.36. The molecule has 134 valence electrons. The molecule has 4 rings (SSSR count). The number of carboxylic acid groups (broad SMARTS) is 1. The zero-order chi connectivity index (χ0) is 19.1. The summed E-state index contributed by atoms with van der Waals surface area (Å²) in [6, 6.07) is 16.7. The number of hydrogen-bond donors (Lipinski definition) is 1. The van der Waals surface area contributed by atoms with Crippen LogP contribution in [0.15, 0.2) is 65.6 Å². The molecular formula is C22H18N2O3. The summed E-state index contributed by atoms with van der Waals surface area (Å²) in [6.45, 7) is 3.80. The summed E-state index contributed by atoms with van der Waals surface area (Å²) >= 11 is 0. The van der Waals surface area contributed by atoms with Gasteiger partial charge in [-0.15, -0.1) is 0 Å². The van der Waals surface area contributed by atoms with Crippen molar-refractivity contribution < 1.29 is 9.90 Å². The van der Waals surface area contributed by atoms with E-state index in [1.165, 1.54) is 10.8 Å². The van der Waals surface area contributed by atoms with Gasteiger partial charge >= 0.3 is 5.97 Å². The standard InChI is InChI=1S/C22H18N2O3/c1-13-7-6-10-16-11-17-20(23-19(13)16)18(22(26)27)12-24(21(17)25)14(2)15-8-4-3-5-9-15/h3-12,14H,1-2H3,(H,26,27)/t14-/m0/s1. The Balaban J connectivity index is 2.08. The van der Waals surface area contributed by atoms with Crippen molar-refractivity contribution in [3.05, 3.63) is 87.8 Å². The van der Waals surface area contributed by atoms with Gasteiger partial charge in [-0.05, 0) is 31.0 Å². The number of nitrogens with zero attached hydrogens (tertiary/aromatic N) is 2. The number of benzene rings is 2. The number of carboxylic acids is 1. The van der Waals surface area contributed by atoms with Crippen LogP contribution in [0.3, 0.4) is 0 Å². The molecule has 27 heavy (non-hydrogen) atoms. The van der Waals surface area contributed by atoms with Crippen molar-refractivity contribution >= 4 is 27.8 Å². The maximum Gasteiger partial charge on any atom is 0.339 e. The van der Waals surface area contributed by atoms with E-state index in [4.69, 9.17) is 0 Å². The minimum Gasteiger partial charge on any atom is -0.478 e.